The number of aliphatic carboxylic acids is 1. The Morgan fingerprint density at radius 3 is 2.48 bits per heavy atom. The van der Waals surface area contributed by atoms with Crippen LogP contribution in [0.15, 0.2) is 18.2 Å². The molecule has 5 nitrogen and oxygen atoms in total. The lowest BCUT2D eigenvalue weighted by atomic mass is 10.1. The van der Waals surface area contributed by atoms with Gasteiger partial charge in [0.05, 0.1) is 17.9 Å². The van der Waals surface area contributed by atoms with Gasteiger partial charge in [-0.2, -0.15) is 0 Å². The van der Waals surface area contributed by atoms with Crippen molar-refractivity contribution in [3.8, 4) is 0 Å². The van der Waals surface area contributed by atoms with E-state index in [4.69, 9.17) is 5.11 Å². The number of rotatable bonds is 4. The molecule has 6 heteroatoms. The maximum absolute atomic E-state index is 11.7. The zero-order valence-electron chi connectivity index (χ0n) is 12.4. The van der Waals surface area contributed by atoms with Gasteiger partial charge in [0.25, 0.3) is 0 Å². The summed E-state index contributed by atoms with van der Waals surface area (Å²) in [6.07, 6.45) is -0.135. The number of carboxylic acids is 1. The summed E-state index contributed by atoms with van der Waals surface area (Å²) >= 11 is 0. The van der Waals surface area contributed by atoms with E-state index in [0.717, 1.165) is 16.7 Å². The molecule has 1 atom stereocenters. The van der Waals surface area contributed by atoms with Crippen LogP contribution in [0.3, 0.4) is 0 Å². The molecule has 21 heavy (non-hydrogen) atoms. The molecule has 1 aromatic carbocycles. The summed E-state index contributed by atoms with van der Waals surface area (Å²) in [5.41, 5.74) is 3.41. The molecule has 0 aromatic heterocycles. The quantitative estimate of drug-likeness (QED) is 0.909. The fourth-order valence-corrected chi connectivity index (χ4v) is 4.51. The number of carboxylic acid groups (broad SMARTS) is 1. The van der Waals surface area contributed by atoms with Gasteiger partial charge in [-0.15, -0.1) is 0 Å². The molecule has 2 rings (SSSR count). The Bertz CT molecular complexity index is 619. The van der Waals surface area contributed by atoms with Crippen molar-refractivity contribution in [2.75, 3.05) is 18.1 Å². The van der Waals surface area contributed by atoms with Gasteiger partial charge in [0, 0.05) is 19.1 Å². The molecule has 1 aromatic rings. The molecule has 0 radical (unpaired) electrons. The van der Waals surface area contributed by atoms with Crippen LogP contribution in [0.4, 0.5) is 0 Å². The third kappa shape index (κ3) is 4.54. The molecule has 0 spiro atoms. The van der Waals surface area contributed by atoms with Crippen LogP contribution in [0, 0.1) is 13.8 Å². The summed E-state index contributed by atoms with van der Waals surface area (Å²) in [4.78, 5) is 12.9. The van der Waals surface area contributed by atoms with Crippen LogP contribution in [-0.4, -0.2) is 48.5 Å². The second kappa shape index (κ2) is 6.15. The van der Waals surface area contributed by atoms with Crippen molar-refractivity contribution in [1.29, 1.82) is 0 Å². The van der Waals surface area contributed by atoms with Gasteiger partial charge in [-0.25, -0.2) is 8.42 Å². The first-order valence-corrected chi connectivity index (χ1v) is 8.81. The molecule has 1 fully saturated rings. The largest absolute Gasteiger partial charge is 0.481 e. The van der Waals surface area contributed by atoms with E-state index in [1.807, 2.05) is 18.7 Å². The van der Waals surface area contributed by atoms with Crippen LogP contribution >= 0.6 is 0 Å². The van der Waals surface area contributed by atoms with Crippen LogP contribution in [0.2, 0.25) is 0 Å². The van der Waals surface area contributed by atoms with Crippen LogP contribution < -0.4 is 0 Å². The molecule has 116 valence electrons. The summed E-state index contributed by atoms with van der Waals surface area (Å²) in [6.45, 7) is 5.03. The minimum atomic E-state index is -3.12. The number of nitrogens with zero attached hydrogens (tertiary/aromatic N) is 1. The Morgan fingerprint density at radius 2 is 1.90 bits per heavy atom. The molecule has 1 N–H and O–H groups in total. The lowest BCUT2D eigenvalue weighted by Gasteiger charge is -2.34. The summed E-state index contributed by atoms with van der Waals surface area (Å²) in [7, 11) is -3.12. The molecule has 0 amide bonds. The lowest BCUT2D eigenvalue weighted by Crippen LogP contribution is -2.48. The predicted molar refractivity (Wildman–Crippen MR) is 81.0 cm³/mol. The highest BCUT2D eigenvalue weighted by molar-refractivity contribution is 7.91. The molecular weight excluding hydrogens is 290 g/mol. The molecule has 1 aliphatic heterocycles. The molecule has 1 unspecified atom stereocenters. The fraction of sp³-hybridized carbons (Fsp3) is 0.533. The van der Waals surface area contributed by atoms with E-state index in [-0.39, 0.29) is 17.9 Å². The number of carbonyl (C=O) groups is 1. The Hall–Kier alpha value is -1.40. The van der Waals surface area contributed by atoms with E-state index in [9.17, 15) is 13.2 Å². The van der Waals surface area contributed by atoms with Crippen molar-refractivity contribution in [1.82, 2.24) is 4.90 Å². The smallest absolute Gasteiger partial charge is 0.304 e. The molecule has 1 heterocycles. The topological polar surface area (TPSA) is 74.7 Å². The number of hydrogen-bond acceptors (Lipinski definition) is 4. The molecule has 0 aliphatic carbocycles. The van der Waals surface area contributed by atoms with Gasteiger partial charge in [-0.1, -0.05) is 29.3 Å². The normalized spacial score (nSPS) is 22.1. The number of hydrogen-bond donors (Lipinski definition) is 1. The van der Waals surface area contributed by atoms with Crippen LogP contribution in [0.25, 0.3) is 0 Å². The second-order valence-corrected chi connectivity index (χ2v) is 8.06. The van der Waals surface area contributed by atoms with Crippen molar-refractivity contribution >= 4 is 15.8 Å². The van der Waals surface area contributed by atoms with E-state index in [0.29, 0.717) is 13.1 Å². The van der Waals surface area contributed by atoms with Crippen LogP contribution in [0.1, 0.15) is 23.1 Å². The lowest BCUT2D eigenvalue weighted by molar-refractivity contribution is -0.138. The van der Waals surface area contributed by atoms with E-state index in [2.05, 4.69) is 18.2 Å². The van der Waals surface area contributed by atoms with Crippen LogP contribution in [-0.2, 0) is 21.2 Å². The highest BCUT2D eigenvalue weighted by Crippen LogP contribution is 2.19. The predicted octanol–water partition coefficient (Wildman–Crippen LogP) is 1.38. The summed E-state index contributed by atoms with van der Waals surface area (Å²) < 4.78 is 23.5. The highest BCUT2D eigenvalue weighted by Gasteiger charge is 2.32. The number of benzene rings is 1. The van der Waals surface area contributed by atoms with Gasteiger partial charge >= 0.3 is 5.97 Å². The third-order valence-corrected chi connectivity index (χ3v) is 5.43. The first-order chi connectivity index (χ1) is 9.75. The monoisotopic (exact) mass is 311 g/mol. The van der Waals surface area contributed by atoms with E-state index >= 15 is 0 Å². The number of sulfone groups is 1. The zero-order chi connectivity index (χ0) is 15.6. The Labute approximate surface area is 125 Å². The summed E-state index contributed by atoms with van der Waals surface area (Å²) in [5.74, 6) is -0.916. The average Bonchev–Trinajstić information content (AvgIpc) is 2.30. The van der Waals surface area contributed by atoms with Crippen molar-refractivity contribution in [3.05, 3.63) is 34.9 Å². The Morgan fingerprint density at radius 1 is 1.29 bits per heavy atom. The zero-order valence-corrected chi connectivity index (χ0v) is 13.2. The van der Waals surface area contributed by atoms with Gasteiger partial charge in [0.1, 0.15) is 0 Å². The van der Waals surface area contributed by atoms with Crippen molar-refractivity contribution in [2.45, 2.75) is 32.9 Å². The maximum Gasteiger partial charge on any atom is 0.304 e. The second-order valence-electron chi connectivity index (χ2n) is 5.83. The molecular formula is C15H21NO4S. The standard InChI is InChI=1S/C15H21NO4S/c1-11-5-12(2)7-13(6-11)9-16-3-4-21(19,20)10-14(16)8-15(17)18/h5-7,14H,3-4,8-10H2,1-2H3,(H,17,18). The SMILES string of the molecule is Cc1cc(C)cc(CN2CCS(=O)(=O)CC2CC(=O)O)c1. The summed E-state index contributed by atoms with van der Waals surface area (Å²) in [5, 5.41) is 8.99. The first-order valence-electron chi connectivity index (χ1n) is 6.98. The minimum absolute atomic E-state index is 0.0654. The molecule has 1 aliphatic rings. The van der Waals surface area contributed by atoms with E-state index in [1.165, 1.54) is 0 Å². The number of aryl methyl sites for hydroxylation is 2. The maximum atomic E-state index is 11.7. The van der Waals surface area contributed by atoms with Gasteiger partial charge in [-0.3, -0.25) is 9.69 Å². The highest BCUT2D eigenvalue weighted by atomic mass is 32.2. The third-order valence-electron chi connectivity index (χ3n) is 3.73. The van der Waals surface area contributed by atoms with Crippen molar-refractivity contribution in [2.24, 2.45) is 0 Å². The first kappa shape index (κ1) is 16.0. The van der Waals surface area contributed by atoms with Gasteiger partial charge in [0.2, 0.25) is 0 Å². The fourth-order valence-electron chi connectivity index (χ4n) is 2.91. The van der Waals surface area contributed by atoms with Gasteiger partial charge in [0.15, 0.2) is 9.84 Å². The van der Waals surface area contributed by atoms with E-state index < -0.39 is 21.8 Å². The van der Waals surface area contributed by atoms with Crippen molar-refractivity contribution in [3.63, 3.8) is 0 Å². The van der Waals surface area contributed by atoms with Gasteiger partial charge < -0.3 is 5.11 Å². The van der Waals surface area contributed by atoms with Crippen molar-refractivity contribution < 1.29 is 18.3 Å². The average molecular weight is 311 g/mol. The molecule has 1 saturated heterocycles. The van der Waals surface area contributed by atoms with E-state index in [1.54, 1.807) is 0 Å². The Kier molecular flexibility index (Phi) is 4.68. The molecule has 0 bridgehead atoms. The Balaban J connectivity index is 2.17. The summed E-state index contributed by atoms with van der Waals surface area (Å²) in [6, 6.07) is 5.77. The molecule has 0 saturated carbocycles. The minimum Gasteiger partial charge on any atom is -0.481 e. The van der Waals surface area contributed by atoms with Crippen LogP contribution in [0.5, 0.6) is 0 Å². The van der Waals surface area contributed by atoms with Gasteiger partial charge in [-0.05, 0) is 19.4 Å².